The molecule has 33 heavy (non-hydrogen) atoms. The highest BCUT2D eigenvalue weighted by Crippen LogP contribution is 2.42. The van der Waals surface area contributed by atoms with Gasteiger partial charge in [0.2, 0.25) is 5.89 Å². The number of hydrogen-bond donors (Lipinski definition) is 0. The van der Waals surface area contributed by atoms with Crippen LogP contribution in [0.15, 0.2) is 40.0 Å². The zero-order valence-corrected chi connectivity index (χ0v) is 18.6. The van der Waals surface area contributed by atoms with Gasteiger partial charge in [-0.15, -0.1) is 5.10 Å². The van der Waals surface area contributed by atoms with Crippen LogP contribution in [0.5, 0.6) is 5.75 Å². The Morgan fingerprint density at radius 2 is 1.82 bits per heavy atom. The van der Waals surface area contributed by atoms with Gasteiger partial charge < -0.3 is 19.0 Å². The molecule has 3 fully saturated rings. The van der Waals surface area contributed by atoms with Crippen molar-refractivity contribution in [2.24, 2.45) is 4.99 Å². The molecule has 0 atom stereocenters. The summed E-state index contributed by atoms with van der Waals surface area (Å²) < 4.78 is 12.0. The molecule has 9 heteroatoms. The van der Waals surface area contributed by atoms with Gasteiger partial charge in [0.25, 0.3) is 0 Å². The van der Waals surface area contributed by atoms with Crippen molar-refractivity contribution in [2.75, 3.05) is 36.0 Å². The zero-order chi connectivity index (χ0) is 22.0. The van der Waals surface area contributed by atoms with Gasteiger partial charge in [-0.1, -0.05) is 5.10 Å². The van der Waals surface area contributed by atoms with E-state index in [2.05, 4.69) is 47.9 Å². The number of anilines is 2. The SMILES string of the molecule is CC1(Oc2ccc3c(c2)C(c2cc(N4CCN(c5nnc(C6CC6)o5)CC4)ncn2)=N3)CC1. The van der Waals surface area contributed by atoms with Crippen molar-refractivity contribution in [3.05, 3.63) is 47.7 Å². The largest absolute Gasteiger partial charge is 0.488 e. The first-order valence-corrected chi connectivity index (χ1v) is 11.7. The van der Waals surface area contributed by atoms with Crippen LogP contribution in [0.25, 0.3) is 0 Å². The van der Waals surface area contributed by atoms with Gasteiger partial charge in [-0.05, 0) is 50.8 Å². The number of benzene rings is 1. The molecule has 3 aromatic rings. The van der Waals surface area contributed by atoms with Crippen molar-refractivity contribution >= 4 is 23.2 Å². The van der Waals surface area contributed by atoms with Crippen LogP contribution in [0.3, 0.4) is 0 Å². The minimum atomic E-state index is 0.000214. The topological polar surface area (TPSA) is 92.8 Å². The molecule has 7 rings (SSSR count). The molecule has 2 aromatic heterocycles. The van der Waals surface area contributed by atoms with Gasteiger partial charge in [0.1, 0.15) is 23.5 Å². The number of nitrogens with zero attached hydrogens (tertiary/aromatic N) is 7. The van der Waals surface area contributed by atoms with E-state index in [1.807, 2.05) is 18.2 Å². The second kappa shape index (κ2) is 7.00. The van der Waals surface area contributed by atoms with Crippen LogP contribution < -0.4 is 14.5 Å². The van der Waals surface area contributed by atoms with Gasteiger partial charge in [0, 0.05) is 43.7 Å². The first kappa shape index (κ1) is 19.0. The fraction of sp³-hybridized carbons (Fsp3) is 0.458. The molecule has 4 heterocycles. The summed E-state index contributed by atoms with van der Waals surface area (Å²) in [5.41, 5.74) is 3.82. The third-order valence-corrected chi connectivity index (χ3v) is 6.90. The molecule has 168 valence electrons. The lowest BCUT2D eigenvalue weighted by atomic mass is 9.98. The Balaban J connectivity index is 1.04. The Bertz CT molecular complexity index is 1250. The summed E-state index contributed by atoms with van der Waals surface area (Å²) in [7, 11) is 0. The smallest absolute Gasteiger partial charge is 0.318 e. The highest BCUT2D eigenvalue weighted by atomic mass is 16.5. The van der Waals surface area contributed by atoms with Crippen LogP contribution in [-0.2, 0) is 0 Å². The van der Waals surface area contributed by atoms with Gasteiger partial charge in [0.15, 0.2) is 0 Å². The highest BCUT2D eigenvalue weighted by Gasteiger charge is 2.40. The predicted octanol–water partition coefficient (Wildman–Crippen LogP) is 3.48. The summed E-state index contributed by atoms with van der Waals surface area (Å²) in [4.78, 5) is 18.2. The fourth-order valence-corrected chi connectivity index (χ4v) is 4.38. The molecule has 0 bridgehead atoms. The Kier molecular flexibility index (Phi) is 4.04. The first-order chi connectivity index (χ1) is 16.1. The number of ether oxygens (including phenoxy) is 1. The molecule has 9 nitrogen and oxygen atoms in total. The number of piperazine rings is 1. The van der Waals surface area contributed by atoms with Crippen molar-refractivity contribution in [1.82, 2.24) is 20.2 Å². The Hall–Kier alpha value is -3.49. The third-order valence-electron chi connectivity index (χ3n) is 6.90. The number of fused-ring (bicyclic) bond motifs is 1. The summed E-state index contributed by atoms with van der Waals surface area (Å²) >= 11 is 0. The zero-order valence-electron chi connectivity index (χ0n) is 18.6. The molecule has 0 radical (unpaired) electrons. The lowest BCUT2D eigenvalue weighted by Gasteiger charge is -2.34. The second-order valence-corrected chi connectivity index (χ2v) is 9.62. The van der Waals surface area contributed by atoms with Crippen LogP contribution in [0.2, 0.25) is 0 Å². The van der Waals surface area contributed by atoms with Gasteiger partial charge in [0.05, 0.1) is 17.1 Å². The van der Waals surface area contributed by atoms with E-state index in [0.29, 0.717) is 11.9 Å². The van der Waals surface area contributed by atoms with Gasteiger partial charge >= 0.3 is 6.01 Å². The summed E-state index contributed by atoms with van der Waals surface area (Å²) in [5.74, 6) is 3.08. The van der Waals surface area contributed by atoms with E-state index in [0.717, 1.165) is 92.0 Å². The lowest BCUT2D eigenvalue weighted by molar-refractivity contribution is 0.200. The standard InChI is InChI=1S/C24H25N7O2/c1-24(6-7-24)33-16-4-5-18-17(12-16)21(27-18)19-13-20(26-14-25-19)30-8-10-31(11-9-30)23-29-28-22(32-23)15-2-3-15/h4-5,12-15H,2-3,6-11H2,1H3. The van der Waals surface area contributed by atoms with E-state index in [1.54, 1.807) is 6.33 Å². The molecule has 0 N–H and O–H groups in total. The van der Waals surface area contributed by atoms with Crippen LogP contribution in [0.1, 0.15) is 55.7 Å². The minimum absolute atomic E-state index is 0.000214. The molecule has 1 aromatic carbocycles. The molecule has 0 spiro atoms. The van der Waals surface area contributed by atoms with E-state index in [1.165, 1.54) is 0 Å². The number of aliphatic imine (C=N–C) groups is 1. The molecule has 0 amide bonds. The molecule has 0 unspecified atom stereocenters. The van der Waals surface area contributed by atoms with Crippen LogP contribution in [0, 0.1) is 0 Å². The maximum atomic E-state index is 6.13. The Labute approximate surface area is 191 Å². The first-order valence-electron chi connectivity index (χ1n) is 11.7. The van der Waals surface area contributed by atoms with E-state index in [-0.39, 0.29) is 5.60 Å². The second-order valence-electron chi connectivity index (χ2n) is 9.62. The summed E-state index contributed by atoms with van der Waals surface area (Å²) in [6, 6.07) is 8.78. The lowest BCUT2D eigenvalue weighted by Crippen LogP contribution is -2.47. The van der Waals surface area contributed by atoms with Gasteiger partial charge in [-0.2, -0.15) is 0 Å². The maximum absolute atomic E-state index is 6.13. The Morgan fingerprint density at radius 1 is 1.00 bits per heavy atom. The normalized spacial score (nSPS) is 20.7. The van der Waals surface area contributed by atoms with Crippen molar-refractivity contribution in [3.63, 3.8) is 0 Å². The van der Waals surface area contributed by atoms with Crippen LogP contribution >= 0.6 is 0 Å². The van der Waals surface area contributed by atoms with Crippen molar-refractivity contribution in [2.45, 2.75) is 44.1 Å². The molecule has 2 aliphatic heterocycles. The highest BCUT2D eigenvalue weighted by molar-refractivity contribution is 6.21. The fourth-order valence-electron chi connectivity index (χ4n) is 4.38. The summed E-state index contributed by atoms with van der Waals surface area (Å²) in [5, 5.41) is 8.46. The Morgan fingerprint density at radius 3 is 2.61 bits per heavy atom. The van der Waals surface area contributed by atoms with Crippen molar-refractivity contribution < 1.29 is 9.15 Å². The number of aromatic nitrogens is 4. The molecular weight excluding hydrogens is 418 g/mol. The average Bonchev–Trinajstić information content (AvgIpc) is 3.75. The van der Waals surface area contributed by atoms with Crippen LogP contribution in [-0.4, -0.2) is 57.7 Å². The van der Waals surface area contributed by atoms with E-state index < -0.39 is 0 Å². The van der Waals surface area contributed by atoms with E-state index >= 15 is 0 Å². The molecular formula is C24H25N7O2. The van der Waals surface area contributed by atoms with Gasteiger partial charge in [-0.3, -0.25) is 0 Å². The van der Waals surface area contributed by atoms with Gasteiger partial charge in [-0.25, -0.2) is 15.0 Å². The molecule has 2 aliphatic carbocycles. The maximum Gasteiger partial charge on any atom is 0.318 e. The average molecular weight is 444 g/mol. The summed E-state index contributed by atoms with van der Waals surface area (Å²) in [6.07, 6.45) is 6.18. The monoisotopic (exact) mass is 443 g/mol. The van der Waals surface area contributed by atoms with Crippen molar-refractivity contribution in [3.8, 4) is 5.75 Å². The molecule has 4 aliphatic rings. The minimum Gasteiger partial charge on any atom is -0.488 e. The molecule has 2 saturated carbocycles. The number of hydrogen-bond acceptors (Lipinski definition) is 9. The van der Waals surface area contributed by atoms with Crippen LogP contribution in [0.4, 0.5) is 17.5 Å². The quantitative estimate of drug-likeness (QED) is 0.447. The summed E-state index contributed by atoms with van der Waals surface area (Å²) in [6.45, 7) is 5.44. The predicted molar refractivity (Wildman–Crippen MR) is 123 cm³/mol. The molecule has 1 saturated heterocycles. The van der Waals surface area contributed by atoms with Crippen molar-refractivity contribution in [1.29, 1.82) is 0 Å². The number of rotatable bonds is 6. The van der Waals surface area contributed by atoms with E-state index in [9.17, 15) is 0 Å². The third kappa shape index (κ3) is 3.51. The van der Waals surface area contributed by atoms with E-state index in [4.69, 9.17) is 9.15 Å².